The van der Waals surface area contributed by atoms with Gasteiger partial charge in [0.05, 0.1) is 0 Å². The fraction of sp³-hybridized carbons (Fsp3) is 0.923. The first-order valence-electron chi connectivity index (χ1n) is 6.47. The van der Waals surface area contributed by atoms with Crippen molar-refractivity contribution < 1.29 is 13.9 Å². The van der Waals surface area contributed by atoms with E-state index in [0.717, 1.165) is 12.8 Å². The normalized spacial score (nSPS) is 24.6. The lowest BCUT2D eigenvalue weighted by Gasteiger charge is -2.37. The number of carbonyl (C=O) groups excluding carboxylic acids is 1. The van der Waals surface area contributed by atoms with Crippen LogP contribution in [0.15, 0.2) is 0 Å². The van der Waals surface area contributed by atoms with E-state index in [2.05, 4.69) is 0 Å². The molecule has 0 radical (unpaired) electrons. The molecule has 1 amide bonds. The monoisotopic (exact) mass is 243 g/mol. The van der Waals surface area contributed by atoms with Gasteiger partial charge in [-0.15, -0.1) is 0 Å². The first-order chi connectivity index (χ1) is 7.80. The minimum Gasteiger partial charge on any atom is -0.444 e. The van der Waals surface area contributed by atoms with Crippen molar-refractivity contribution in [3.63, 3.8) is 0 Å². The van der Waals surface area contributed by atoms with Crippen LogP contribution in [0.3, 0.4) is 0 Å². The number of likely N-dealkylation sites (tertiary alicyclic amines) is 1. The number of alkyl halides is 1. The van der Waals surface area contributed by atoms with Crippen molar-refractivity contribution >= 4 is 6.09 Å². The molecular weight excluding hydrogens is 221 g/mol. The van der Waals surface area contributed by atoms with Crippen molar-refractivity contribution in [2.45, 2.75) is 57.7 Å². The van der Waals surface area contributed by atoms with Crippen molar-refractivity contribution in [3.05, 3.63) is 0 Å². The van der Waals surface area contributed by atoms with E-state index >= 15 is 0 Å². The van der Waals surface area contributed by atoms with Gasteiger partial charge in [0.25, 0.3) is 0 Å². The van der Waals surface area contributed by atoms with Gasteiger partial charge in [-0.3, -0.25) is 0 Å². The molecule has 0 atom stereocenters. The maximum absolute atomic E-state index is 14.4. The van der Waals surface area contributed by atoms with Gasteiger partial charge in [0.1, 0.15) is 11.3 Å². The summed E-state index contributed by atoms with van der Waals surface area (Å²) < 4.78 is 19.6. The van der Waals surface area contributed by atoms with Crippen molar-refractivity contribution in [3.8, 4) is 0 Å². The molecule has 0 unspecified atom stereocenters. The maximum atomic E-state index is 14.4. The van der Waals surface area contributed by atoms with E-state index in [1.165, 1.54) is 0 Å². The number of carbonyl (C=O) groups is 1. The van der Waals surface area contributed by atoms with Crippen LogP contribution < -0.4 is 0 Å². The molecule has 3 nitrogen and oxygen atoms in total. The van der Waals surface area contributed by atoms with Gasteiger partial charge in [-0.05, 0) is 52.4 Å². The molecular formula is C13H22FNO2. The van der Waals surface area contributed by atoms with Gasteiger partial charge in [0.15, 0.2) is 0 Å². The number of ether oxygens (including phenoxy) is 1. The molecule has 4 heteroatoms. The predicted octanol–water partition coefficient (Wildman–Crippen LogP) is 3.14. The van der Waals surface area contributed by atoms with Crippen molar-refractivity contribution in [1.82, 2.24) is 4.90 Å². The van der Waals surface area contributed by atoms with Crippen LogP contribution in [0.25, 0.3) is 0 Å². The summed E-state index contributed by atoms with van der Waals surface area (Å²) in [5.74, 6) is 0.253. The number of nitrogens with zero attached hydrogens (tertiary/aromatic N) is 1. The second-order valence-corrected chi connectivity index (χ2v) is 6.28. The maximum Gasteiger partial charge on any atom is 0.410 e. The topological polar surface area (TPSA) is 29.5 Å². The number of piperidine rings is 1. The Morgan fingerprint density at radius 1 is 1.29 bits per heavy atom. The van der Waals surface area contributed by atoms with Crippen molar-refractivity contribution in [2.75, 3.05) is 13.1 Å². The van der Waals surface area contributed by atoms with E-state index in [0.29, 0.717) is 25.9 Å². The summed E-state index contributed by atoms with van der Waals surface area (Å²) in [5.41, 5.74) is -1.49. The van der Waals surface area contributed by atoms with Gasteiger partial charge in [-0.2, -0.15) is 0 Å². The number of rotatable bonds is 1. The Kier molecular flexibility index (Phi) is 3.08. The molecule has 0 aromatic rings. The van der Waals surface area contributed by atoms with Crippen LogP contribution in [0.4, 0.5) is 9.18 Å². The van der Waals surface area contributed by atoms with Crippen LogP contribution in [0.1, 0.15) is 46.5 Å². The van der Waals surface area contributed by atoms with Gasteiger partial charge in [-0.1, -0.05) is 0 Å². The molecule has 1 saturated heterocycles. The smallest absolute Gasteiger partial charge is 0.410 e. The van der Waals surface area contributed by atoms with Crippen LogP contribution >= 0.6 is 0 Å². The highest BCUT2D eigenvalue weighted by Gasteiger charge is 2.48. The number of amides is 1. The van der Waals surface area contributed by atoms with Crippen LogP contribution in [0.5, 0.6) is 0 Å². The molecule has 2 aliphatic rings. The quantitative estimate of drug-likeness (QED) is 0.708. The fourth-order valence-corrected chi connectivity index (χ4v) is 2.40. The molecule has 2 rings (SSSR count). The van der Waals surface area contributed by atoms with Crippen LogP contribution in [0.2, 0.25) is 0 Å². The number of hydrogen-bond acceptors (Lipinski definition) is 2. The summed E-state index contributed by atoms with van der Waals surface area (Å²) in [5, 5.41) is 0. The Morgan fingerprint density at radius 2 is 1.82 bits per heavy atom. The molecule has 0 bridgehead atoms. The minimum absolute atomic E-state index is 0.253. The van der Waals surface area contributed by atoms with E-state index < -0.39 is 11.3 Å². The second kappa shape index (κ2) is 4.14. The third kappa shape index (κ3) is 3.11. The van der Waals surface area contributed by atoms with E-state index in [1.807, 2.05) is 20.8 Å². The SMILES string of the molecule is CC(C)(C)OC(=O)N1CCC(F)(C2CC2)CC1. The third-order valence-corrected chi connectivity index (χ3v) is 3.56. The summed E-state index contributed by atoms with van der Waals surface area (Å²) >= 11 is 0. The molecule has 1 aliphatic heterocycles. The highest BCUT2D eigenvalue weighted by molar-refractivity contribution is 5.68. The first-order valence-corrected chi connectivity index (χ1v) is 6.47. The van der Waals surface area contributed by atoms with Gasteiger partial charge in [-0.25, -0.2) is 9.18 Å². The molecule has 1 heterocycles. The largest absolute Gasteiger partial charge is 0.444 e. The molecule has 0 N–H and O–H groups in total. The van der Waals surface area contributed by atoms with E-state index in [4.69, 9.17) is 4.74 Å². The number of hydrogen-bond donors (Lipinski definition) is 0. The molecule has 1 saturated carbocycles. The van der Waals surface area contributed by atoms with Crippen LogP contribution in [-0.2, 0) is 4.74 Å². The molecule has 0 aromatic heterocycles. The van der Waals surface area contributed by atoms with Crippen molar-refractivity contribution in [2.24, 2.45) is 5.92 Å². The van der Waals surface area contributed by atoms with Crippen LogP contribution in [-0.4, -0.2) is 35.4 Å². The third-order valence-electron chi connectivity index (χ3n) is 3.56. The average Bonchev–Trinajstić information content (AvgIpc) is 2.98. The zero-order valence-corrected chi connectivity index (χ0v) is 11.0. The second-order valence-electron chi connectivity index (χ2n) is 6.28. The van der Waals surface area contributed by atoms with Gasteiger partial charge in [0, 0.05) is 13.1 Å². The lowest BCUT2D eigenvalue weighted by molar-refractivity contribution is -0.00205. The average molecular weight is 243 g/mol. The summed E-state index contributed by atoms with van der Waals surface area (Å²) in [6.45, 7) is 6.51. The van der Waals surface area contributed by atoms with Gasteiger partial charge in [0.2, 0.25) is 0 Å². The predicted molar refractivity (Wildman–Crippen MR) is 63.6 cm³/mol. The lowest BCUT2D eigenvalue weighted by Crippen LogP contribution is -2.47. The fourth-order valence-electron chi connectivity index (χ4n) is 2.40. The van der Waals surface area contributed by atoms with E-state index in [1.54, 1.807) is 4.90 Å². The summed E-state index contributed by atoms with van der Waals surface area (Å²) in [6.07, 6.45) is 2.66. The highest BCUT2D eigenvalue weighted by Crippen LogP contribution is 2.47. The molecule has 98 valence electrons. The molecule has 2 fully saturated rings. The lowest BCUT2D eigenvalue weighted by atomic mass is 9.89. The molecule has 1 aliphatic carbocycles. The van der Waals surface area contributed by atoms with E-state index in [9.17, 15) is 9.18 Å². The van der Waals surface area contributed by atoms with Gasteiger partial charge >= 0.3 is 6.09 Å². The van der Waals surface area contributed by atoms with Gasteiger partial charge < -0.3 is 9.64 Å². The Morgan fingerprint density at radius 3 is 2.24 bits per heavy atom. The molecule has 0 spiro atoms. The molecule has 0 aromatic carbocycles. The number of halogens is 1. The first kappa shape index (κ1) is 12.7. The van der Waals surface area contributed by atoms with Crippen molar-refractivity contribution in [1.29, 1.82) is 0 Å². The van der Waals surface area contributed by atoms with Crippen LogP contribution in [0, 0.1) is 5.92 Å². The minimum atomic E-state index is -1.02. The highest BCUT2D eigenvalue weighted by atomic mass is 19.1. The molecule has 17 heavy (non-hydrogen) atoms. The standard InChI is InChI=1S/C13H22FNO2/c1-12(2,3)17-11(16)15-8-6-13(14,7-9-15)10-4-5-10/h10H,4-9H2,1-3H3. The Labute approximate surface area is 102 Å². The zero-order chi connectivity index (χ0) is 12.7. The Bertz CT molecular complexity index is 299. The summed E-state index contributed by atoms with van der Waals surface area (Å²) in [6, 6.07) is 0. The summed E-state index contributed by atoms with van der Waals surface area (Å²) in [7, 11) is 0. The Balaban J connectivity index is 1.84. The van der Waals surface area contributed by atoms with E-state index in [-0.39, 0.29) is 12.0 Å². The summed E-state index contributed by atoms with van der Waals surface area (Å²) in [4.78, 5) is 13.4. The zero-order valence-electron chi connectivity index (χ0n) is 11.0. The Hall–Kier alpha value is -0.800.